The number of rotatable bonds is 3. The molecule has 0 saturated carbocycles. The summed E-state index contributed by atoms with van der Waals surface area (Å²) in [6.45, 7) is 7.69. The molecule has 7 heteroatoms. The lowest BCUT2D eigenvalue weighted by atomic mass is 10.1. The minimum Gasteiger partial charge on any atom is -0.478 e. The first kappa shape index (κ1) is 17.1. The third kappa shape index (κ3) is 4.85. The standard InChI is InChI=1S/C16H22N2O5/c1-16(2,3)23-15(21)17-11-4-5-13(12(10-11)14(19)20)18-6-8-22-9-7-18/h4-5,10H,6-9H2,1-3H3,(H,17,21)(H,19,20). The highest BCUT2D eigenvalue weighted by molar-refractivity contribution is 5.97. The number of nitrogens with one attached hydrogen (secondary N) is 1. The molecule has 2 rings (SSSR count). The second-order valence-corrected chi connectivity index (χ2v) is 6.26. The van der Waals surface area contributed by atoms with Gasteiger partial charge < -0.3 is 19.5 Å². The lowest BCUT2D eigenvalue weighted by Gasteiger charge is -2.30. The molecule has 0 spiro atoms. The molecule has 0 bridgehead atoms. The fourth-order valence-corrected chi connectivity index (χ4v) is 2.29. The second-order valence-electron chi connectivity index (χ2n) is 6.26. The fraction of sp³-hybridized carbons (Fsp3) is 0.500. The SMILES string of the molecule is CC(C)(C)OC(=O)Nc1ccc(N2CCOCC2)c(C(=O)O)c1. The summed E-state index contributed by atoms with van der Waals surface area (Å²) in [5.74, 6) is -1.04. The van der Waals surface area contributed by atoms with E-state index in [4.69, 9.17) is 9.47 Å². The van der Waals surface area contributed by atoms with Crippen molar-refractivity contribution in [2.75, 3.05) is 36.5 Å². The zero-order chi connectivity index (χ0) is 17.0. The lowest BCUT2D eigenvalue weighted by molar-refractivity contribution is 0.0632. The molecular weight excluding hydrogens is 300 g/mol. The zero-order valence-corrected chi connectivity index (χ0v) is 13.6. The van der Waals surface area contributed by atoms with E-state index in [0.717, 1.165) is 0 Å². The van der Waals surface area contributed by atoms with Crippen LogP contribution in [0.3, 0.4) is 0 Å². The molecule has 1 heterocycles. The normalized spacial score (nSPS) is 15.2. The summed E-state index contributed by atoms with van der Waals surface area (Å²) in [5, 5.41) is 12.0. The number of carboxylic acids is 1. The quantitative estimate of drug-likeness (QED) is 0.889. The fourth-order valence-electron chi connectivity index (χ4n) is 2.29. The predicted molar refractivity (Wildman–Crippen MR) is 86.3 cm³/mol. The van der Waals surface area contributed by atoms with Crippen molar-refractivity contribution in [3.8, 4) is 0 Å². The van der Waals surface area contributed by atoms with Crippen LogP contribution in [0.1, 0.15) is 31.1 Å². The Labute approximate surface area is 135 Å². The van der Waals surface area contributed by atoms with Gasteiger partial charge in [0.05, 0.1) is 24.5 Å². The second kappa shape index (κ2) is 6.87. The number of carbonyl (C=O) groups is 2. The van der Waals surface area contributed by atoms with Crippen LogP contribution in [0.15, 0.2) is 18.2 Å². The highest BCUT2D eigenvalue weighted by atomic mass is 16.6. The molecule has 1 saturated heterocycles. The van der Waals surface area contributed by atoms with E-state index in [1.54, 1.807) is 32.9 Å². The molecular formula is C16H22N2O5. The highest BCUT2D eigenvalue weighted by Gasteiger charge is 2.20. The summed E-state index contributed by atoms with van der Waals surface area (Å²) in [7, 11) is 0. The molecule has 1 fully saturated rings. The first-order chi connectivity index (χ1) is 10.8. The van der Waals surface area contributed by atoms with Gasteiger partial charge in [0.1, 0.15) is 5.60 Å². The third-order valence-electron chi connectivity index (χ3n) is 3.22. The molecule has 0 unspecified atom stereocenters. The maximum absolute atomic E-state index is 11.8. The number of aromatic carboxylic acids is 1. The number of morpholine rings is 1. The largest absolute Gasteiger partial charge is 0.478 e. The van der Waals surface area contributed by atoms with Crippen molar-refractivity contribution < 1.29 is 24.2 Å². The number of amides is 1. The van der Waals surface area contributed by atoms with E-state index < -0.39 is 17.7 Å². The van der Waals surface area contributed by atoms with Gasteiger partial charge >= 0.3 is 12.1 Å². The molecule has 1 aliphatic heterocycles. The van der Waals surface area contributed by atoms with E-state index in [1.807, 2.05) is 4.90 Å². The maximum atomic E-state index is 11.8. The van der Waals surface area contributed by atoms with Crippen molar-refractivity contribution in [3.63, 3.8) is 0 Å². The molecule has 23 heavy (non-hydrogen) atoms. The zero-order valence-electron chi connectivity index (χ0n) is 13.6. The number of carbonyl (C=O) groups excluding carboxylic acids is 1. The number of anilines is 2. The van der Waals surface area contributed by atoms with E-state index in [2.05, 4.69) is 5.32 Å². The van der Waals surface area contributed by atoms with Crippen molar-refractivity contribution in [1.29, 1.82) is 0 Å². The molecule has 126 valence electrons. The Morgan fingerprint density at radius 2 is 1.91 bits per heavy atom. The summed E-state index contributed by atoms with van der Waals surface area (Å²) in [6, 6.07) is 4.81. The van der Waals surface area contributed by atoms with Gasteiger partial charge in [-0.1, -0.05) is 0 Å². The van der Waals surface area contributed by atoms with Gasteiger partial charge in [-0.2, -0.15) is 0 Å². The minimum atomic E-state index is -1.04. The van der Waals surface area contributed by atoms with Crippen LogP contribution in [0.2, 0.25) is 0 Å². The summed E-state index contributed by atoms with van der Waals surface area (Å²) >= 11 is 0. The first-order valence-corrected chi connectivity index (χ1v) is 7.46. The van der Waals surface area contributed by atoms with Crippen LogP contribution in [-0.2, 0) is 9.47 Å². The highest BCUT2D eigenvalue weighted by Crippen LogP contribution is 2.25. The van der Waals surface area contributed by atoms with Gasteiger partial charge in [-0.3, -0.25) is 5.32 Å². The molecule has 1 aromatic rings. The molecule has 1 aliphatic rings. The lowest BCUT2D eigenvalue weighted by Crippen LogP contribution is -2.37. The molecule has 0 radical (unpaired) electrons. The van der Waals surface area contributed by atoms with E-state index in [-0.39, 0.29) is 5.56 Å². The molecule has 1 aromatic carbocycles. The smallest absolute Gasteiger partial charge is 0.412 e. The predicted octanol–water partition coefficient (Wildman–Crippen LogP) is 2.57. The van der Waals surface area contributed by atoms with Crippen molar-refractivity contribution in [2.45, 2.75) is 26.4 Å². The molecule has 0 atom stereocenters. The van der Waals surface area contributed by atoms with Crippen LogP contribution >= 0.6 is 0 Å². The van der Waals surface area contributed by atoms with Crippen molar-refractivity contribution >= 4 is 23.4 Å². The van der Waals surface area contributed by atoms with Gasteiger partial charge in [-0.15, -0.1) is 0 Å². The van der Waals surface area contributed by atoms with Crippen LogP contribution in [0.4, 0.5) is 16.2 Å². The Hall–Kier alpha value is -2.28. The summed E-state index contributed by atoms with van der Waals surface area (Å²) in [6.07, 6.45) is -0.618. The summed E-state index contributed by atoms with van der Waals surface area (Å²) in [4.78, 5) is 25.3. The van der Waals surface area contributed by atoms with E-state index in [0.29, 0.717) is 37.7 Å². The van der Waals surface area contributed by atoms with Gasteiger partial charge in [-0.25, -0.2) is 9.59 Å². The average molecular weight is 322 g/mol. The molecule has 2 N–H and O–H groups in total. The number of benzene rings is 1. The van der Waals surface area contributed by atoms with Crippen LogP contribution in [0.5, 0.6) is 0 Å². The monoisotopic (exact) mass is 322 g/mol. The topological polar surface area (TPSA) is 88.1 Å². The summed E-state index contributed by atoms with van der Waals surface area (Å²) in [5.41, 5.74) is 0.526. The van der Waals surface area contributed by atoms with Crippen molar-refractivity contribution in [1.82, 2.24) is 0 Å². The number of hydrogen-bond donors (Lipinski definition) is 2. The number of nitrogens with zero attached hydrogens (tertiary/aromatic N) is 1. The molecule has 0 aliphatic carbocycles. The molecule has 7 nitrogen and oxygen atoms in total. The maximum Gasteiger partial charge on any atom is 0.412 e. The summed E-state index contributed by atoms with van der Waals surface area (Å²) < 4.78 is 10.4. The van der Waals surface area contributed by atoms with Gasteiger partial charge in [0, 0.05) is 18.8 Å². The molecule has 1 amide bonds. The van der Waals surface area contributed by atoms with Crippen LogP contribution < -0.4 is 10.2 Å². The van der Waals surface area contributed by atoms with E-state index >= 15 is 0 Å². The Balaban J connectivity index is 2.18. The Morgan fingerprint density at radius 1 is 1.26 bits per heavy atom. The van der Waals surface area contributed by atoms with Gasteiger partial charge in [0.15, 0.2) is 0 Å². The number of hydrogen-bond acceptors (Lipinski definition) is 5. The first-order valence-electron chi connectivity index (χ1n) is 7.46. The number of ether oxygens (including phenoxy) is 2. The third-order valence-corrected chi connectivity index (χ3v) is 3.22. The Kier molecular flexibility index (Phi) is 5.10. The minimum absolute atomic E-state index is 0.139. The van der Waals surface area contributed by atoms with Crippen molar-refractivity contribution in [2.24, 2.45) is 0 Å². The average Bonchev–Trinajstić information content (AvgIpc) is 2.46. The number of carboxylic acid groups (broad SMARTS) is 1. The van der Waals surface area contributed by atoms with Gasteiger partial charge in [0.2, 0.25) is 0 Å². The van der Waals surface area contributed by atoms with Crippen LogP contribution in [0.25, 0.3) is 0 Å². The Bertz CT molecular complexity index is 589. The van der Waals surface area contributed by atoms with Crippen molar-refractivity contribution in [3.05, 3.63) is 23.8 Å². The Morgan fingerprint density at radius 3 is 2.48 bits per heavy atom. The van der Waals surface area contributed by atoms with E-state index in [1.165, 1.54) is 6.07 Å². The van der Waals surface area contributed by atoms with Crippen LogP contribution in [-0.4, -0.2) is 49.1 Å². The van der Waals surface area contributed by atoms with Crippen LogP contribution in [0, 0.1) is 0 Å². The molecule has 0 aromatic heterocycles. The van der Waals surface area contributed by atoms with E-state index in [9.17, 15) is 14.7 Å². The van der Waals surface area contributed by atoms with Gasteiger partial charge in [0.25, 0.3) is 0 Å². The van der Waals surface area contributed by atoms with Gasteiger partial charge in [-0.05, 0) is 39.0 Å².